The van der Waals surface area contributed by atoms with E-state index in [0.717, 1.165) is 34.7 Å². The van der Waals surface area contributed by atoms with Crippen LogP contribution in [0.2, 0.25) is 0 Å². The molecule has 0 bridgehead atoms. The number of allylic oxidation sites excluding steroid dienone is 8. The Morgan fingerprint density at radius 2 is 2.26 bits per heavy atom. The zero-order valence-electron chi connectivity index (χ0n) is 20.8. The monoisotopic (exact) mass is 494 g/mol. The number of aromatic nitrogens is 3. The fourth-order valence-corrected chi connectivity index (χ4v) is 3.73. The van der Waals surface area contributed by atoms with Crippen molar-refractivity contribution in [1.29, 1.82) is 0 Å². The molecule has 0 aliphatic carbocycles. The minimum atomic E-state index is -0.306. The summed E-state index contributed by atoms with van der Waals surface area (Å²) in [4.78, 5) is 24.5. The van der Waals surface area contributed by atoms with Crippen molar-refractivity contribution in [1.82, 2.24) is 15.0 Å². The lowest BCUT2D eigenvalue weighted by molar-refractivity contribution is 0.102. The van der Waals surface area contributed by atoms with Crippen LogP contribution >= 0.6 is 11.3 Å². The van der Waals surface area contributed by atoms with Crippen molar-refractivity contribution in [3.8, 4) is 0 Å². The highest BCUT2D eigenvalue weighted by atomic mass is 32.1. The Morgan fingerprint density at radius 3 is 2.94 bits per heavy atom. The maximum absolute atomic E-state index is 12.6. The first-order valence-electron chi connectivity index (χ1n) is 11.4. The van der Waals surface area contributed by atoms with Crippen molar-refractivity contribution in [2.45, 2.75) is 33.6 Å². The van der Waals surface area contributed by atoms with Crippen LogP contribution in [0.3, 0.4) is 0 Å². The summed E-state index contributed by atoms with van der Waals surface area (Å²) in [6.45, 7) is 10.7. The van der Waals surface area contributed by atoms with Crippen molar-refractivity contribution in [3.05, 3.63) is 88.9 Å². The van der Waals surface area contributed by atoms with E-state index in [2.05, 4.69) is 39.8 Å². The first-order chi connectivity index (χ1) is 17.0. The number of aromatic amines is 1. The van der Waals surface area contributed by atoms with Crippen LogP contribution in [-0.4, -0.2) is 41.2 Å². The Labute approximate surface area is 211 Å². The number of nitrogens with one attached hydrogen (secondary N) is 2. The molecule has 0 radical (unpaired) electrons. The first-order valence-corrected chi connectivity index (χ1v) is 12.3. The van der Waals surface area contributed by atoms with Crippen LogP contribution in [0.4, 0.5) is 5.95 Å². The van der Waals surface area contributed by atoms with Crippen LogP contribution in [-0.2, 0) is 9.47 Å². The van der Waals surface area contributed by atoms with Crippen LogP contribution < -0.4 is 5.32 Å². The molecule has 8 heteroatoms. The molecule has 2 N–H and O–H groups in total. The zero-order chi connectivity index (χ0) is 25.5. The number of anilines is 1. The third-order valence-corrected chi connectivity index (χ3v) is 5.80. The van der Waals surface area contributed by atoms with Crippen LogP contribution in [0.15, 0.2) is 72.5 Å². The molecular weight excluding hydrogens is 460 g/mol. The van der Waals surface area contributed by atoms with Crippen LogP contribution in [0.5, 0.6) is 0 Å². The number of ether oxygens (including phenoxy) is 2. The fraction of sp³-hybridized carbons (Fsp3) is 0.296. The summed E-state index contributed by atoms with van der Waals surface area (Å²) in [5.74, 6) is 0.0729. The number of carbonyl (C=O) groups is 1. The molecule has 1 amide bonds. The van der Waals surface area contributed by atoms with E-state index in [1.54, 1.807) is 31.0 Å². The smallest absolute Gasteiger partial charge is 0.277 e. The average molecular weight is 495 g/mol. The number of hydrogen-bond donors (Lipinski definition) is 2. The summed E-state index contributed by atoms with van der Waals surface area (Å²) >= 11 is 1.44. The van der Waals surface area contributed by atoms with E-state index in [9.17, 15) is 4.79 Å². The number of methoxy groups -OCH3 is 1. The van der Waals surface area contributed by atoms with Gasteiger partial charge in [0.15, 0.2) is 0 Å². The summed E-state index contributed by atoms with van der Waals surface area (Å²) in [6, 6.07) is 0. The first kappa shape index (κ1) is 27.8. The van der Waals surface area contributed by atoms with Gasteiger partial charge in [0.1, 0.15) is 10.7 Å². The Hall–Kier alpha value is -3.49. The molecule has 2 aromatic rings. The lowest BCUT2D eigenvalue weighted by Crippen LogP contribution is -2.13. The number of rotatable bonds is 8. The maximum Gasteiger partial charge on any atom is 0.277 e. The number of amides is 1. The molecule has 186 valence electrons. The Kier molecular flexibility index (Phi) is 12.2. The van der Waals surface area contributed by atoms with E-state index in [1.165, 1.54) is 16.9 Å². The largest absolute Gasteiger partial charge is 0.501 e. The van der Waals surface area contributed by atoms with Crippen LogP contribution in [0.1, 0.15) is 54.8 Å². The highest BCUT2D eigenvalue weighted by Crippen LogP contribution is 2.25. The van der Waals surface area contributed by atoms with E-state index < -0.39 is 0 Å². The third kappa shape index (κ3) is 9.35. The van der Waals surface area contributed by atoms with Gasteiger partial charge in [-0.15, -0.1) is 11.3 Å². The van der Waals surface area contributed by atoms with Crippen LogP contribution in [0, 0.1) is 0 Å². The number of H-pyrrole nitrogens is 1. The van der Waals surface area contributed by atoms with Gasteiger partial charge < -0.3 is 14.5 Å². The van der Waals surface area contributed by atoms with Crippen molar-refractivity contribution in [2.24, 2.45) is 0 Å². The van der Waals surface area contributed by atoms with E-state index in [1.807, 2.05) is 44.2 Å². The molecule has 0 spiro atoms. The van der Waals surface area contributed by atoms with Gasteiger partial charge in [-0.2, -0.15) is 0 Å². The topological polar surface area (TPSA) is 89.1 Å². The second kappa shape index (κ2) is 15.4. The highest BCUT2D eigenvalue weighted by molar-refractivity contribution is 7.11. The van der Waals surface area contributed by atoms with Gasteiger partial charge in [0.2, 0.25) is 5.95 Å². The molecule has 3 rings (SSSR count). The molecule has 0 aromatic carbocycles. The zero-order valence-corrected chi connectivity index (χ0v) is 21.7. The van der Waals surface area contributed by atoms with E-state index >= 15 is 0 Å². The van der Waals surface area contributed by atoms with E-state index in [0.29, 0.717) is 24.9 Å². The quantitative estimate of drug-likeness (QED) is 0.405. The Morgan fingerprint density at radius 1 is 1.43 bits per heavy atom. The molecule has 35 heavy (non-hydrogen) atoms. The van der Waals surface area contributed by atoms with Crippen molar-refractivity contribution < 1.29 is 14.3 Å². The minimum Gasteiger partial charge on any atom is -0.501 e. The lowest BCUT2D eigenvalue weighted by atomic mass is 10.1. The van der Waals surface area contributed by atoms with Gasteiger partial charge in [-0.05, 0) is 38.0 Å². The highest BCUT2D eigenvalue weighted by Gasteiger charge is 2.15. The molecule has 0 fully saturated rings. The summed E-state index contributed by atoms with van der Waals surface area (Å²) < 4.78 is 10.5. The Balaban J connectivity index is 0.000000784. The molecule has 0 saturated heterocycles. The van der Waals surface area contributed by atoms with Gasteiger partial charge in [0, 0.05) is 24.5 Å². The van der Waals surface area contributed by atoms with E-state index in [-0.39, 0.29) is 5.91 Å². The van der Waals surface area contributed by atoms with Crippen LogP contribution in [0.25, 0.3) is 11.1 Å². The number of carbonyl (C=O) groups excluding carboxylic acids is 1. The molecule has 7 nitrogen and oxygen atoms in total. The standard InChI is InChI=1S/C22H26N4O3S.C5H8/c1-4-16-8-11-29-9-5-6-17(12-16)21-24-19(14-30-21)20(27)26-22-23-13-18(25-22)15(2)7-10-28-3;1-3-5-4-2/h5-7,9,12-14H,4,8,10-11H2,1-3H3,(H2,23,25,26,27);3-5H,1H2,2H3/b9-5+,15-7+,16-12+,17-6+;5-4-. The van der Waals surface area contributed by atoms with Gasteiger partial charge in [0.25, 0.3) is 5.91 Å². The van der Waals surface area contributed by atoms with Gasteiger partial charge in [-0.25, -0.2) is 9.97 Å². The SMILES string of the molecule is C=C/C=C\C.CC\C1=C/C(c2nc(C(=O)Nc3ncc(/C(C)=C/COC)[nH]3)cs2)=C\C=C\OCC1. The summed E-state index contributed by atoms with van der Waals surface area (Å²) in [5, 5.41) is 5.31. The minimum absolute atomic E-state index is 0.306. The fourth-order valence-electron chi connectivity index (χ4n) is 2.93. The van der Waals surface area contributed by atoms with Crippen molar-refractivity contribution >= 4 is 34.3 Å². The van der Waals surface area contributed by atoms with Gasteiger partial charge in [-0.3, -0.25) is 10.1 Å². The van der Waals surface area contributed by atoms with E-state index in [4.69, 9.17) is 9.47 Å². The van der Waals surface area contributed by atoms with Gasteiger partial charge in [-0.1, -0.05) is 49.5 Å². The molecule has 3 heterocycles. The number of thiazole rings is 1. The predicted octanol–water partition coefficient (Wildman–Crippen LogP) is 6.57. The van der Waals surface area contributed by atoms with Crippen molar-refractivity contribution in [2.75, 3.05) is 25.6 Å². The number of imidazole rings is 1. The molecule has 0 unspecified atom stereocenters. The summed E-state index contributed by atoms with van der Waals surface area (Å²) in [7, 11) is 1.64. The Bertz CT molecular complexity index is 1120. The third-order valence-electron chi connectivity index (χ3n) is 4.91. The molecule has 2 aromatic heterocycles. The lowest BCUT2D eigenvalue weighted by Gasteiger charge is -2.04. The number of nitrogens with zero attached hydrogens (tertiary/aromatic N) is 2. The summed E-state index contributed by atoms with van der Waals surface area (Å²) in [6.07, 6.45) is 18.6. The summed E-state index contributed by atoms with van der Waals surface area (Å²) in [5.41, 5.74) is 4.42. The van der Waals surface area contributed by atoms with Gasteiger partial charge >= 0.3 is 0 Å². The average Bonchev–Trinajstić information content (AvgIpc) is 3.55. The van der Waals surface area contributed by atoms with Crippen molar-refractivity contribution in [3.63, 3.8) is 0 Å². The normalized spacial score (nSPS) is 17.9. The molecule has 1 aliphatic rings. The maximum atomic E-state index is 12.6. The molecular formula is C27H34N4O3S. The molecule has 0 saturated carbocycles. The predicted molar refractivity (Wildman–Crippen MR) is 145 cm³/mol. The number of hydrogen-bond acceptors (Lipinski definition) is 6. The second-order valence-corrected chi connectivity index (χ2v) is 8.33. The van der Waals surface area contributed by atoms with Gasteiger partial charge in [0.05, 0.1) is 31.4 Å². The second-order valence-electron chi connectivity index (χ2n) is 7.47. The molecule has 1 aliphatic heterocycles. The molecule has 0 atom stereocenters.